The summed E-state index contributed by atoms with van der Waals surface area (Å²) in [4.78, 5) is 0. The number of benzene rings is 1. The second-order valence-electron chi connectivity index (χ2n) is 4.25. The van der Waals surface area contributed by atoms with E-state index >= 15 is 0 Å². The summed E-state index contributed by atoms with van der Waals surface area (Å²) in [5.41, 5.74) is 1.61. The summed E-state index contributed by atoms with van der Waals surface area (Å²) in [6.07, 6.45) is 0. The second-order valence-corrected chi connectivity index (χ2v) is 6.10. The van der Waals surface area contributed by atoms with E-state index in [0.717, 1.165) is 5.56 Å². The molecule has 6 heteroatoms. The average molecular weight is 286 g/mol. The van der Waals surface area contributed by atoms with E-state index in [1.54, 1.807) is 6.07 Å². The van der Waals surface area contributed by atoms with Crippen LogP contribution < -0.4 is 10.0 Å². The van der Waals surface area contributed by atoms with Crippen molar-refractivity contribution < 1.29 is 13.2 Å². The van der Waals surface area contributed by atoms with Crippen LogP contribution in [0.4, 0.5) is 5.69 Å². The number of rotatable bonds is 8. The highest BCUT2D eigenvalue weighted by Crippen LogP contribution is 2.17. The Bertz CT molecular complexity index is 488. The van der Waals surface area contributed by atoms with Gasteiger partial charge in [0.15, 0.2) is 0 Å². The molecule has 1 aromatic rings. The third-order valence-electron chi connectivity index (χ3n) is 2.79. The summed E-state index contributed by atoms with van der Waals surface area (Å²) in [6.45, 7) is 4.58. The summed E-state index contributed by atoms with van der Waals surface area (Å²) in [7, 11) is -1.49. The van der Waals surface area contributed by atoms with Crippen molar-refractivity contribution in [2.75, 3.05) is 30.7 Å². The van der Waals surface area contributed by atoms with Gasteiger partial charge in [-0.3, -0.25) is 4.72 Å². The Hall–Kier alpha value is -1.11. The van der Waals surface area contributed by atoms with E-state index in [9.17, 15) is 8.42 Å². The standard InChI is InChI=1S/C13H22N2O3S/c1-4-18-8-9-19(16,17)15-13-7-5-6-12(10-13)11(2)14-3/h5-7,10-11,14-15H,4,8-9H2,1-3H3. The predicted octanol–water partition coefficient (Wildman–Crippen LogP) is 1.75. The van der Waals surface area contributed by atoms with Crippen LogP contribution in [-0.4, -0.2) is 34.4 Å². The summed E-state index contributed by atoms with van der Waals surface area (Å²) in [5.74, 6) is -0.0351. The van der Waals surface area contributed by atoms with Gasteiger partial charge in [0.25, 0.3) is 0 Å². The molecule has 1 aromatic carbocycles. The van der Waals surface area contributed by atoms with Crippen molar-refractivity contribution in [2.24, 2.45) is 0 Å². The van der Waals surface area contributed by atoms with E-state index in [-0.39, 0.29) is 18.4 Å². The number of hydrogen-bond donors (Lipinski definition) is 2. The van der Waals surface area contributed by atoms with E-state index in [0.29, 0.717) is 12.3 Å². The largest absolute Gasteiger partial charge is 0.381 e. The summed E-state index contributed by atoms with van der Waals surface area (Å²) in [6, 6.07) is 7.54. The Balaban J connectivity index is 2.71. The molecule has 0 aliphatic rings. The van der Waals surface area contributed by atoms with Gasteiger partial charge in [0.2, 0.25) is 10.0 Å². The normalized spacial score (nSPS) is 13.2. The fraction of sp³-hybridized carbons (Fsp3) is 0.538. The van der Waals surface area contributed by atoms with Gasteiger partial charge in [0.05, 0.1) is 12.4 Å². The maximum absolute atomic E-state index is 11.8. The number of nitrogens with one attached hydrogen (secondary N) is 2. The van der Waals surface area contributed by atoms with E-state index in [1.165, 1.54) is 0 Å². The number of anilines is 1. The molecule has 0 saturated carbocycles. The molecule has 0 heterocycles. The van der Waals surface area contributed by atoms with Crippen LogP contribution in [0, 0.1) is 0 Å². The van der Waals surface area contributed by atoms with Crippen LogP contribution in [0.2, 0.25) is 0 Å². The maximum Gasteiger partial charge on any atom is 0.234 e. The molecule has 0 saturated heterocycles. The highest BCUT2D eigenvalue weighted by molar-refractivity contribution is 7.92. The molecule has 0 radical (unpaired) electrons. The lowest BCUT2D eigenvalue weighted by Gasteiger charge is -2.13. The van der Waals surface area contributed by atoms with Gasteiger partial charge in [-0.05, 0) is 38.6 Å². The zero-order valence-electron chi connectivity index (χ0n) is 11.6. The van der Waals surface area contributed by atoms with Crippen LogP contribution in [0.1, 0.15) is 25.5 Å². The van der Waals surface area contributed by atoms with Gasteiger partial charge >= 0.3 is 0 Å². The highest BCUT2D eigenvalue weighted by Gasteiger charge is 2.11. The fourth-order valence-electron chi connectivity index (χ4n) is 1.58. The van der Waals surface area contributed by atoms with Gasteiger partial charge in [-0.2, -0.15) is 0 Å². The van der Waals surface area contributed by atoms with Crippen LogP contribution >= 0.6 is 0 Å². The van der Waals surface area contributed by atoms with Crippen LogP contribution in [0.5, 0.6) is 0 Å². The molecule has 2 N–H and O–H groups in total. The van der Waals surface area contributed by atoms with Gasteiger partial charge < -0.3 is 10.1 Å². The number of hydrogen-bond acceptors (Lipinski definition) is 4. The molecule has 0 aromatic heterocycles. The van der Waals surface area contributed by atoms with Crippen LogP contribution in [0.3, 0.4) is 0 Å². The van der Waals surface area contributed by atoms with Gasteiger partial charge in [-0.1, -0.05) is 12.1 Å². The molecule has 5 nitrogen and oxygen atoms in total. The van der Waals surface area contributed by atoms with Gasteiger partial charge in [-0.25, -0.2) is 8.42 Å². The third kappa shape index (κ3) is 5.59. The molecule has 0 aliphatic heterocycles. The monoisotopic (exact) mass is 286 g/mol. The minimum atomic E-state index is -3.35. The first kappa shape index (κ1) is 15.9. The van der Waals surface area contributed by atoms with E-state index < -0.39 is 10.0 Å². The SMILES string of the molecule is CCOCCS(=O)(=O)Nc1cccc(C(C)NC)c1. The topological polar surface area (TPSA) is 67.4 Å². The molecule has 19 heavy (non-hydrogen) atoms. The zero-order valence-corrected chi connectivity index (χ0v) is 12.5. The summed E-state index contributed by atoms with van der Waals surface area (Å²) in [5, 5.41) is 3.12. The van der Waals surface area contributed by atoms with Crippen LogP contribution in [0.25, 0.3) is 0 Å². The summed E-state index contributed by atoms with van der Waals surface area (Å²) >= 11 is 0. The molecule has 0 amide bonds. The van der Waals surface area contributed by atoms with E-state index in [4.69, 9.17) is 4.74 Å². The Morgan fingerprint density at radius 3 is 2.74 bits per heavy atom. The lowest BCUT2D eigenvalue weighted by Crippen LogP contribution is -2.20. The Labute approximate surface area is 115 Å². The van der Waals surface area contributed by atoms with Crippen molar-refractivity contribution in [3.05, 3.63) is 29.8 Å². The van der Waals surface area contributed by atoms with Crippen LogP contribution in [0.15, 0.2) is 24.3 Å². The minimum Gasteiger partial charge on any atom is -0.381 e. The van der Waals surface area contributed by atoms with Gasteiger partial charge in [0.1, 0.15) is 0 Å². The first-order valence-corrected chi connectivity index (χ1v) is 7.99. The predicted molar refractivity (Wildman–Crippen MR) is 77.8 cm³/mol. The average Bonchev–Trinajstić information content (AvgIpc) is 2.37. The minimum absolute atomic E-state index is 0.0351. The first-order valence-electron chi connectivity index (χ1n) is 6.34. The lowest BCUT2D eigenvalue weighted by atomic mass is 10.1. The van der Waals surface area contributed by atoms with Crippen molar-refractivity contribution in [3.63, 3.8) is 0 Å². The molecule has 1 atom stereocenters. The number of ether oxygens (including phenoxy) is 1. The van der Waals surface area contributed by atoms with Crippen molar-refractivity contribution in [2.45, 2.75) is 19.9 Å². The lowest BCUT2D eigenvalue weighted by molar-refractivity contribution is 0.163. The van der Waals surface area contributed by atoms with Crippen molar-refractivity contribution in [3.8, 4) is 0 Å². The maximum atomic E-state index is 11.8. The molecule has 1 unspecified atom stereocenters. The van der Waals surface area contributed by atoms with E-state index in [2.05, 4.69) is 10.0 Å². The van der Waals surface area contributed by atoms with E-state index in [1.807, 2.05) is 39.1 Å². The molecular weight excluding hydrogens is 264 g/mol. The smallest absolute Gasteiger partial charge is 0.234 e. The Kier molecular flexibility index (Phi) is 6.27. The van der Waals surface area contributed by atoms with Crippen molar-refractivity contribution in [1.29, 1.82) is 0 Å². The third-order valence-corrected chi connectivity index (χ3v) is 4.04. The zero-order chi connectivity index (χ0) is 14.3. The van der Waals surface area contributed by atoms with Crippen molar-refractivity contribution >= 4 is 15.7 Å². The molecule has 108 valence electrons. The Morgan fingerprint density at radius 2 is 2.11 bits per heavy atom. The first-order chi connectivity index (χ1) is 8.98. The van der Waals surface area contributed by atoms with Crippen LogP contribution in [-0.2, 0) is 14.8 Å². The highest BCUT2D eigenvalue weighted by atomic mass is 32.2. The van der Waals surface area contributed by atoms with Crippen molar-refractivity contribution in [1.82, 2.24) is 5.32 Å². The molecule has 0 spiro atoms. The van der Waals surface area contributed by atoms with Gasteiger partial charge in [-0.15, -0.1) is 0 Å². The second kappa shape index (κ2) is 7.47. The number of sulfonamides is 1. The summed E-state index contributed by atoms with van der Waals surface area (Å²) < 4.78 is 31.3. The molecular formula is C13H22N2O3S. The Morgan fingerprint density at radius 1 is 1.37 bits per heavy atom. The molecule has 0 fully saturated rings. The molecule has 1 rings (SSSR count). The van der Waals surface area contributed by atoms with Gasteiger partial charge in [0, 0.05) is 18.3 Å². The fourth-order valence-corrected chi connectivity index (χ4v) is 2.51. The quantitative estimate of drug-likeness (QED) is 0.714. The molecule has 0 bridgehead atoms. The molecule has 0 aliphatic carbocycles.